The molecular formula is C16H23FN2O2. The quantitative estimate of drug-likeness (QED) is 0.847. The molecule has 1 fully saturated rings. The molecule has 1 atom stereocenters. The number of amides is 1. The molecule has 1 aromatic rings. The summed E-state index contributed by atoms with van der Waals surface area (Å²) in [6.45, 7) is 5.12. The molecule has 4 nitrogen and oxygen atoms in total. The van der Waals surface area contributed by atoms with Gasteiger partial charge in [-0.2, -0.15) is 0 Å². The van der Waals surface area contributed by atoms with Gasteiger partial charge in [-0.25, -0.2) is 4.39 Å². The van der Waals surface area contributed by atoms with Crippen LogP contribution in [0.15, 0.2) is 18.2 Å². The number of hydrogen-bond acceptors (Lipinski definition) is 3. The molecule has 1 heterocycles. The summed E-state index contributed by atoms with van der Waals surface area (Å²) >= 11 is 0. The van der Waals surface area contributed by atoms with Gasteiger partial charge in [0.05, 0.1) is 12.1 Å². The maximum Gasteiger partial charge on any atom is 0.244 e. The van der Waals surface area contributed by atoms with Gasteiger partial charge >= 0.3 is 0 Å². The SMILES string of the molecule is CCCC1(C(=O)Nc2ccc(OCC)c(F)c2)CCCN1. The third-order valence-electron chi connectivity index (χ3n) is 3.84. The summed E-state index contributed by atoms with van der Waals surface area (Å²) in [4.78, 5) is 12.5. The molecule has 1 aliphatic heterocycles. The van der Waals surface area contributed by atoms with Crippen molar-refractivity contribution >= 4 is 11.6 Å². The highest BCUT2D eigenvalue weighted by atomic mass is 19.1. The molecule has 0 bridgehead atoms. The van der Waals surface area contributed by atoms with Crippen molar-refractivity contribution in [3.63, 3.8) is 0 Å². The summed E-state index contributed by atoms with van der Waals surface area (Å²) < 4.78 is 19.0. The zero-order valence-corrected chi connectivity index (χ0v) is 12.7. The monoisotopic (exact) mass is 294 g/mol. The Kier molecular flexibility index (Phi) is 5.17. The van der Waals surface area contributed by atoms with E-state index in [4.69, 9.17) is 4.74 Å². The first-order chi connectivity index (χ1) is 10.1. The molecule has 1 unspecified atom stereocenters. The van der Waals surface area contributed by atoms with Gasteiger partial charge in [0.15, 0.2) is 11.6 Å². The van der Waals surface area contributed by atoms with Gasteiger partial charge in [-0.05, 0) is 44.9 Å². The highest BCUT2D eigenvalue weighted by molar-refractivity contribution is 5.98. The summed E-state index contributed by atoms with van der Waals surface area (Å²) in [5.74, 6) is -0.332. The van der Waals surface area contributed by atoms with Gasteiger partial charge in [-0.15, -0.1) is 0 Å². The molecule has 1 saturated heterocycles. The lowest BCUT2D eigenvalue weighted by Crippen LogP contribution is -2.50. The first-order valence-corrected chi connectivity index (χ1v) is 7.60. The van der Waals surface area contributed by atoms with Crippen molar-refractivity contribution < 1.29 is 13.9 Å². The van der Waals surface area contributed by atoms with E-state index in [0.29, 0.717) is 12.3 Å². The van der Waals surface area contributed by atoms with Crippen LogP contribution in [0, 0.1) is 5.82 Å². The van der Waals surface area contributed by atoms with E-state index in [1.54, 1.807) is 19.1 Å². The second kappa shape index (κ2) is 6.89. The predicted molar refractivity (Wildman–Crippen MR) is 81.1 cm³/mol. The maximum atomic E-state index is 13.8. The first kappa shape index (κ1) is 15.8. The van der Waals surface area contributed by atoms with Crippen molar-refractivity contribution in [2.75, 3.05) is 18.5 Å². The van der Waals surface area contributed by atoms with Gasteiger partial charge in [-0.3, -0.25) is 4.79 Å². The Morgan fingerprint density at radius 2 is 2.29 bits per heavy atom. The minimum Gasteiger partial charge on any atom is -0.491 e. The highest BCUT2D eigenvalue weighted by Crippen LogP contribution is 2.27. The van der Waals surface area contributed by atoms with Crippen molar-refractivity contribution in [2.45, 2.75) is 45.1 Å². The molecule has 0 aliphatic carbocycles. The number of carbonyl (C=O) groups is 1. The lowest BCUT2D eigenvalue weighted by Gasteiger charge is -2.27. The van der Waals surface area contributed by atoms with Crippen LogP contribution in [0.2, 0.25) is 0 Å². The van der Waals surface area contributed by atoms with Crippen LogP contribution in [0.4, 0.5) is 10.1 Å². The van der Waals surface area contributed by atoms with Crippen LogP contribution in [0.25, 0.3) is 0 Å². The fourth-order valence-corrected chi connectivity index (χ4v) is 2.86. The number of rotatable bonds is 6. The normalized spacial score (nSPS) is 21.3. The van der Waals surface area contributed by atoms with Gasteiger partial charge in [0.1, 0.15) is 0 Å². The van der Waals surface area contributed by atoms with Crippen molar-refractivity contribution in [1.29, 1.82) is 0 Å². The number of hydrogen-bond donors (Lipinski definition) is 2. The van der Waals surface area contributed by atoms with E-state index < -0.39 is 11.4 Å². The van der Waals surface area contributed by atoms with Crippen molar-refractivity contribution in [2.24, 2.45) is 0 Å². The van der Waals surface area contributed by atoms with E-state index in [0.717, 1.165) is 32.2 Å². The summed E-state index contributed by atoms with van der Waals surface area (Å²) in [7, 11) is 0. The van der Waals surface area contributed by atoms with Gasteiger partial charge in [0.2, 0.25) is 5.91 Å². The summed E-state index contributed by atoms with van der Waals surface area (Å²) in [6, 6.07) is 4.51. The minimum absolute atomic E-state index is 0.0783. The summed E-state index contributed by atoms with van der Waals surface area (Å²) in [6.07, 6.45) is 3.54. The molecule has 2 N–H and O–H groups in total. The zero-order valence-electron chi connectivity index (χ0n) is 12.7. The van der Waals surface area contributed by atoms with Crippen LogP contribution in [0.1, 0.15) is 39.5 Å². The molecule has 1 amide bonds. The predicted octanol–water partition coefficient (Wildman–Crippen LogP) is 3.09. The number of benzene rings is 1. The molecule has 116 valence electrons. The van der Waals surface area contributed by atoms with E-state index in [-0.39, 0.29) is 11.7 Å². The fourth-order valence-electron chi connectivity index (χ4n) is 2.86. The fraction of sp³-hybridized carbons (Fsp3) is 0.562. The molecule has 1 aliphatic rings. The number of anilines is 1. The average molecular weight is 294 g/mol. The lowest BCUT2D eigenvalue weighted by molar-refractivity contribution is -0.122. The molecular weight excluding hydrogens is 271 g/mol. The van der Waals surface area contributed by atoms with Gasteiger partial charge in [0, 0.05) is 11.8 Å². The Morgan fingerprint density at radius 1 is 1.48 bits per heavy atom. The van der Waals surface area contributed by atoms with Crippen molar-refractivity contribution in [1.82, 2.24) is 5.32 Å². The molecule has 2 rings (SSSR count). The van der Waals surface area contributed by atoms with Crippen LogP contribution in [-0.2, 0) is 4.79 Å². The Labute approximate surface area is 125 Å². The van der Waals surface area contributed by atoms with E-state index in [2.05, 4.69) is 17.6 Å². The number of halogens is 1. The molecule has 1 aromatic carbocycles. The lowest BCUT2D eigenvalue weighted by atomic mass is 9.91. The largest absolute Gasteiger partial charge is 0.491 e. The molecule has 0 spiro atoms. The van der Waals surface area contributed by atoms with Crippen LogP contribution < -0.4 is 15.4 Å². The van der Waals surface area contributed by atoms with Gasteiger partial charge in [0.25, 0.3) is 0 Å². The number of ether oxygens (including phenoxy) is 1. The minimum atomic E-state index is -0.510. The van der Waals surface area contributed by atoms with Gasteiger partial charge < -0.3 is 15.4 Å². The van der Waals surface area contributed by atoms with E-state index in [1.807, 2.05) is 0 Å². The summed E-state index contributed by atoms with van der Waals surface area (Å²) in [5.41, 5.74) is -0.0470. The molecule has 0 radical (unpaired) electrons. The van der Waals surface area contributed by atoms with E-state index in [1.165, 1.54) is 6.07 Å². The van der Waals surface area contributed by atoms with E-state index in [9.17, 15) is 9.18 Å². The van der Waals surface area contributed by atoms with Gasteiger partial charge in [-0.1, -0.05) is 13.3 Å². The molecule has 0 saturated carbocycles. The Balaban J connectivity index is 2.10. The van der Waals surface area contributed by atoms with Crippen molar-refractivity contribution in [3.05, 3.63) is 24.0 Å². The maximum absolute atomic E-state index is 13.8. The van der Waals surface area contributed by atoms with Crippen LogP contribution in [0.3, 0.4) is 0 Å². The summed E-state index contributed by atoms with van der Waals surface area (Å²) in [5, 5.41) is 6.13. The smallest absolute Gasteiger partial charge is 0.244 e. The Morgan fingerprint density at radius 3 is 2.86 bits per heavy atom. The topological polar surface area (TPSA) is 50.4 Å². The zero-order chi connectivity index (χ0) is 15.3. The highest BCUT2D eigenvalue weighted by Gasteiger charge is 2.39. The Bertz CT molecular complexity index is 499. The Hall–Kier alpha value is -1.62. The second-order valence-electron chi connectivity index (χ2n) is 5.39. The van der Waals surface area contributed by atoms with Crippen LogP contribution >= 0.6 is 0 Å². The first-order valence-electron chi connectivity index (χ1n) is 7.60. The van der Waals surface area contributed by atoms with Crippen LogP contribution in [-0.4, -0.2) is 24.6 Å². The third kappa shape index (κ3) is 3.53. The second-order valence-corrected chi connectivity index (χ2v) is 5.39. The molecule has 0 aromatic heterocycles. The number of nitrogens with one attached hydrogen (secondary N) is 2. The number of carbonyl (C=O) groups excluding carboxylic acids is 1. The molecule has 5 heteroatoms. The average Bonchev–Trinajstić information content (AvgIpc) is 2.92. The third-order valence-corrected chi connectivity index (χ3v) is 3.84. The van der Waals surface area contributed by atoms with E-state index >= 15 is 0 Å². The standard InChI is InChI=1S/C16H23FN2O2/c1-3-8-16(9-5-10-18-16)15(20)19-12-6-7-14(21-4-2)13(17)11-12/h6-7,11,18H,3-5,8-10H2,1-2H3,(H,19,20). The molecule has 21 heavy (non-hydrogen) atoms. The van der Waals surface area contributed by atoms with Crippen LogP contribution in [0.5, 0.6) is 5.75 Å². The van der Waals surface area contributed by atoms with Crippen molar-refractivity contribution in [3.8, 4) is 5.75 Å².